The van der Waals surface area contributed by atoms with E-state index in [9.17, 15) is 0 Å². The SMILES string of the molecule is CC1CCc2ccccc2N1C1=CC2C(C=C1)c1ccc(/C=C/c3ccc4c(c3)C(C)(C)C3C=C(N5C6=C(C=CCC6)C=CC5(C)C)C=CC43)cc1C2(C)C. The first-order valence-corrected chi connectivity index (χ1v) is 21.0. The number of hydrogen-bond acceptors (Lipinski definition) is 2. The number of rotatable bonds is 4. The summed E-state index contributed by atoms with van der Waals surface area (Å²) < 4.78 is 0. The van der Waals surface area contributed by atoms with E-state index in [0.717, 1.165) is 19.3 Å². The summed E-state index contributed by atoms with van der Waals surface area (Å²) in [5.74, 6) is 1.69. The average molecular weight is 721 g/mol. The van der Waals surface area contributed by atoms with E-state index in [-0.39, 0.29) is 16.4 Å². The van der Waals surface area contributed by atoms with E-state index >= 15 is 0 Å². The molecular formula is C53H56N2. The van der Waals surface area contributed by atoms with E-state index in [0.29, 0.717) is 29.7 Å². The van der Waals surface area contributed by atoms with Crippen molar-refractivity contribution < 1.29 is 0 Å². The Morgan fingerprint density at radius 1 is 0.673 bits per heavy atom. The van der Waals surface area contributed by atoms with Gasteiger partial charge in [-0.25, -0.2) is 0 Å². The number of hydrogen-bond donors (Lipinski definition) is 0. The summed E-state index contributed by atoms with van der Waals surface area (Å²) in [5.41, 5.74) is 17.0. The number of benzene rings is 3. The lowest BCUT2D eigenvalue weighted by Crippen LogP contribution is -2.44. The van der Waals surface area contributed by atoms with Crippen molar-refractivity contribution in [1.82, 2.24) is 4.90 Å². The van der Waals surface area contributed by atoms with Gasteiger partial charge in [0.15, 0.2) is 0 Å². The van der Waals surface area contributed by atoms with Crippen LogP contribution in [0.25, 0.3) is 12.2 Å². The standard InChI is InChI=1S/C53H56N2/c1-34-16-21-37-12-8-10-14-49(37)54(34)39-22-26-43-41-24-19-35(30-45(41)52(4,5)47(43)32-39)17-18-36-20-25-42-44-27-23-40(33-48(44)53(6,7)46(42)31-36)55-50-15-11-9-13-38(50)28-29-51(55,2)3/h8-10,12-14,17-20,22-34,43-44,47-48H,11,15-16,21H2,1-7H3/b18-17+. The van der Waals surface area contributed by atoms with Crippen LogP contribution in [0.5, 0.6) is 0 Å². The lowest BCUT2D eigenvalue weighted by molar-refractivity contribution is 0.254. The molecule has 5 atom stereocenters. The Kier molecular flexibility index (Phi) is 7.78. The van der Waals surface area contributed by atoms with Crippen molar-refractivity contribution in [3.8, 4) is 0 Å². The van der Waals surface area contributed by atoms with Gasteiger partial charge < -0.3 is 9.80 Å². The highest BCUT2D eigenvalue weighted by molar-refractivity contribution is 5.73. The first-order chi connectivity index (χ1) is 26.4. The summed E-state index contributed by atoms with van der Waals surface area (Å²) in [5, 5.41) is 0. The van der Waals surface area contributed by atoms with Gasteiger partial charge in [0.2, 0.25) is 0 Å². The summed E-state index contributed by atoms with van der Waals surface area (Å²) >= 11 is 0. The molecule has 0 spiro atoms. The molecule has 5 unspecified atom stereocenters. The van der Waals surface area contributed by atoms with Gasteiger partial charge in [0, 0.05) is 40.7 Å². The molecule has 0 aromatic heterocycles. The fraction of sp³-hybridized carbons (Fsp3) is 0.358. The second-order valence-corrected chi connectivity index (χ2v) is 19.0. The second-order valence-electron chi connectivity index (χ2n) is 19.0. The zero-order valence-electron chi connectivity index (χ0n) is 33.8. The predicted molar refractivity (Wildman–Crippen MR) is 232 cm³/mol. The molecule has 0 amide bonds. The molecule has 3 aromatic carbocycles. The van der Waals surface area contributed by atoms with E-state index in [1.807, 2.05) is 0 Å². The van der Waals surface area contributed by atoms with Crippen molar-refractivity contribution in [2.75, 3.05) is 4.90 Å². The van der Waals surface area contributed by atoms with E-state index in [1.165, 1.54) is 73.7 Å². The minimum atomic E-state index is -0.0551. The molecular weight excluding hydrogens is 665 g/mol. The first-order valence-electron chi connectivity index (χ1n) is 21.0. The molecule has 0 saturated heterocycles. The molecule has 55 heavy (non-hydrogen) atoms. The van der Waals surface area contributed by atoms with E-state index < -0.39 is 0 Å². The van der Waals surface area contributed by atoms with E-state index in [4.69, 9.17) is 0 Å². The van der Waals surface area contributed by atoms with Crippen molar-refractivity contribution >= 4 is 17.8 Å². The Morgan fingerprint density at radius 2 is 1.29 bits per heavy atom. The molecule has 2 aliphatic heterocycles. The molecule has 0 N–H and O–H groups in total. The van der Waals surface area contributed by atoms with Gasteiger partial charge in [-0.05, 0) is 132 Å². The van der Waals surface area contributed by atoms with Crippen molar-refractivity contribution in [3.05, 3.63) is 183 Å². The molecule has 5 aliphatic carbocycles. The van der Waals surface area contributed by atoms with Gasteiger partial charge in [0.1, 0.15) is 0 Å². The third-order valence-corrected chi connectivity index (χ3v) is 14.6. The van der Waals surface area contributed by atoms with Crippen LogP contribution in [0.15, 0.2) is 144 Å². The summed E-state index contributed by atoms with van der Waals surface area (Å²) in [6.07, 6.45) is 33.6. The molecule has 3 aromatic rings. The van der Waals surface area contributed by atoms with Crippen LogP contribution < -0.4 is 4.90 Å². The predicted octanol–water partition coefficient (Wildman–Crippen LogP) is 12.8. The van der Waals surface area contributed by atoms with Crippen LogP contribution in [0.2, 0.25) is 0 Å². The monoisotopic (exact) mass is 720 g/mol. The second kappa shape index (κ2) is 12.3. The van der Waals surface area contributed by atoms with Gasteiger partial charge >= 0.3 is 0 Å². The van der Waals surface area contributed by atoms with Gasteiger partial charge in [-0.2, -0.15) is 0 Å². The van der Waals surface area contributed by atoms with Crippen molar-refractivity contribution in [2.24, 2.45) is 11.8 Å². The lowest BCUT2D eigenvalue weighted by atomic mass is 9.73. The molecule has 0 fully saturated rings. The van der Waals surface area contributed by atoms with Crippen LogP contribution in [0.3, 0.4) is 0 Å². The zero-order valence-corrected chi connectivity index (χ0v) is 33.8. The van der Waals surface area contributed by atoms with Crippen LogP contribution in [0.1, 0.15) is 119 Å². The topological polar surface area (TPSA) is 6.48 Å². The van der Waals surface area contributed by atoms with Crippen LogP contribution in [0.4, 0.5) is 5.69 Å². The van der Waals surface area contributed by atoms with Crippen LogP contribution in [0, 0.1) is 11.8 Å². The van der Waals surface area contributed by atoms with Crippen LogP contribution >= 0.6 is 0 Å². The fourth-order valence-electron chi connectivity index (χ4n) is 11.5. The summed E-state index contributed by atoms with van der Waals surface area (Å²) in [6.45, 7) is 17.0. The lowest BCUT2D eigenvalue weighted by Gasteiger charge is -2.46. The molecule has 278 valence electrons. The quantitative estimate of drug-likeness (QED) is 0.248. The molecule has 0 radical (unpaired) electrons. The molecule has 0 bridgehead atoms. The largest absolute Gasteiger partial charge is 0.339 e. The van der Waals surface area contributed by atoms with Gasteiger partial charge in [0.25, 0.3) is 0 Å². The van der Waals surface area contributed by atoms with Crippen LogP contribution in [-0.4, -0.2) is 16.5 Å². The van der Waals surface area contributed by atoms with Crippen LogP contribution in [-0.2, 0) is 17.3 Å². The molecule has 10 rings (SSSR count). The number of fused-ring (bicyclic) bond motifs is 7. The summed E-state index contributed by atoms with van der Waals surface area (Å²) in [7, 11) is 0. The number of anilines is 1. The van der Waals surface area contributed by atoms with Crippen molar-refractivity contribution in [2.45, 2.75) is 108 Å². The average Bonchev–Trinajstić information content (AvgIpc) is 3.54. The number of aryl methyl sites for hydroxylation is 1. The van der Waals surface area contributed by atoms with Gasteiger partial charge in [0.05, 0.1) is 5.54 Å². The zero-order chi connectivity index (χ0) is 37.9. The minimum absolute atomic E-state index is 0.0289. The van der Waals surface area contributed by atoms with Crippen molar-refractivity contribution in [3.63, 3.8) is 0 Å². The van der Waals surface area contributed by atoms with Gasteiger partial charge in [-0.3, -0.25) is 0 Å². The Bertz CT molecular complexity index is 2360. The number of nitrogens with zero attached hydrogens (tertiary/aromatic N) is 2. The highest BCUT2D eigenvalue weighted by Gasteiger charge is 2.48. The fourth-order valence-corrected chi connectivity index (χ4v) is 11.5. The van der Waals surface area contributed by atoms with Gasteiger partial charge in [-0.15, -0.1) is 0 Å². The maximum absolute atomic E-state index is 2.62. The summed E-state index contributed by atoms with van der Waals surface area (Å²) in [6, 6.07) is 24.0. The molecule has 2 nitrogen and oxygen atoms in total. The third kappa shape index (κ3) is 5.34. The third-order valence-electron chi connectivity index (χ3n) is 14.6. The maximum Gasteiger partial charge on any atom is 0.0577 e. The Labute approximate surface area is 329 Å². The minimum Gasteiger partial charge on any atom is -0.339 e. The summed E-state index contributed by atoms with van der Waals surface area (Å²) in [4.78, 5) is 5.23. The normalized spacial score (nSPS) is 28.7. The Hall–Kier alpha value is -4.82. The van der Waals surface area contributed by atoms with E-state index in [1.54, 1.807) is 0 Å². The highest BCUT2D eigenvalue weighted by Crippen LogP contribution is 2.56. The first kappa shape index (κ1) is 34.7. The Morgan fingerprint density at radius 3 is 1.96 bits per heavy atom. The molecule has 2 heterocycles. The number of allylic oxidation sites excluding steroid dienone is 11. The van der Waals surface area contributed by atoms with Crippen molar-refractivity contribution in [1.29, 1.82) is 0 Å². The smallest absolute Gasteiger partial charge is 0.0577 e. The van der Waals surface area contributed by atoms with Gasteiger partial charge in [-0.1, -0.05) is 143 Å². The van der Waals surface area contributed by atoms with E-state index in [2.05, 4.69) is 192 Å². The molecule has 2 heteroatoms. The molecule has 7 aliphatic rings. The maximum atomic E-state index is 2.62. The highest BCUT2D eigenvalue weighted by atomic mass is 15.2. The number of para-hydroxylation sites is 1. The molecule has 0 saturated carbocycles. The Balaban J connectivity index is 0.910.